The number of amides is 2. The predicted molar refractivity (Wildman–Crippen MR) is 120 cm³/mol. The summed E-state index contributed by atoms with van der Waals surface area (Å²) < 4.78 is 5.21. The Balaban J connectivity index is 1.37. The van der Waals surface area contributed by atoms with Gasteiger partial charge in [0.2, 0.25) is 5.91 Å². The second-order valence-corrected chi connectivity index (χ2v) is 7.94. The molecule has 4 rings (SSSR count). The summed E-state index contributed by atoms with van der Waals surface area (Å²) in [4.78, 5) is 38.9. The van der Waals surface area contributed by atoms with Crippen LogP contribution in [0.1, 0.15) is 17.5 Å². The van der Waals surface area contributed by atoms with Gasteiger partial charge in [-0.25, -0.2) is 0 Å². The zero-order valence-electron chi connectivity index (χ0n) is 17.6. The van der Waals surface area contributed by atoms with Crippen LogP contribution in [0, 0.1) is 19.8 Å². The highest BCUT2D eigenvalue weighted by Gasteiger charge is 2.36. The van der Waals surface area contributed by atoms with Crippen LogP contribution in [0.3, 0.4) is 0 Å². The number of aryl methyl sites for hydroxylation is 2. The van der Waals surface area contributed by atoms with E-state index in [9.17, 15) is 14.4 Å². The van der Waals surface area contributed by atoms with Gasteiger partial charge in [0.1, 0.15) is 0 Å². The maximum absolute atomic E-state index is 12.6. The average molecular weight is 416 g/mol. The summed E-state index contributed by atoms with van der Waals surface area (Å²) in [6.07, 6.45) is 0.0702. The van der Waals surface area contributed by atoms with Crippen LogP contribution in [-0.4, -0.2) is 30.9 Å². The molecule has 0 spiro atoms. The molecule has 3 aromatic rings. The molecule has 1 fully saturated rings. The van der Waals surface area contributed by atoms with E-state index in [1.807, 2.05) is 74.5 Å². The number of fused-ring (bicyclic) bond motifs is 1. The van der Waals surface area contributed by atoms with E-state index in [0.29, 0.717) is 5.69 Å². The number of nitrogens with one attached hydrogen (secondary N) is 1. The van der Waals surface area contributed by atoms with Crippen LogP contribution in [0.5, 0.6) is 0 Å². The Morgan fingerprint density at radius 3 is 2.52 bits per heavy atom. The molecule has 1 aliphatic rings. The monoisotopic (exact) mass is 416 g/mol. The number of rotatable bonds is 5. The van der Waals surface area contributed by atoms with E-state index >= 15 is 0 Å². The quantitative estimate of drug-likeness (QED) is 0.638. The van der Waals surface area contributed by atoms with E-state index in [0.717, 1.165) is 27.6 Å². The highest BCUT2D eigenvalue weighted by Crippen LogP contribution is 2.32. The molecule has 0 aliphatic carbocycles. The molecule has 6 nitrogen and oxygen atoms in total. The van der Waals surface area contributed by atoms with Gasteiger partial charge in [0.15, 0.2) is 6.61 Å². The van der Waals surface area contributed by atoms with Gasteiger partial charge < -0.3 is 15.0 Å². The fourth-order valence-corrected chi connectivity index (χ4v) is 4.04. The SMILES string of the molecule is Cc1cc(C)cc(NC(=O)COC(=O)[C@H]2CC(=O)N(c3cccc4ccccc34)C2)c1. The first-order chi connectivity index (χ1) is 14.9. The second-order valence-electron chi connectivity index (χ2n) is 7.94. The molecule has 0 radical (unpaired) electrons. The third kappa shape index (κ3) is 4.58. The minimum Gasteiger partial charge on any atom is -0.455 e. The van der Waals surface area contributed by atoms with Crippen molar-refractivity contribution in [3.63, 3.8) is 0 Å². The predicted octanol–water partition coefficient (Wildman–Crippen LogP) is 3.99. The van der Waals surface area contributed by atoms with Crippen molar-refractivity contribution in [1.29, 1.82) is 0 Å². The van der Waals surface area contributed by atoms with Crippen molar-refractivity contribution in [3.05, 3.63) is 71.8 Å². The number of carbonyl (C=O) groups is 3. The molecule has 0 unspecified atom stereocenters. The fraction of sp³-hybridized carbons (Fsp3) is 0.240. The smallest absolute Gasteiger partial charge is 0.311 e. The zero-order valence-corrected chi connectivity index (χ0v) is 17.6. The van der Waals surface area contributed by atoms with Crippen LogP contribution in [0.15, 0.2) is 60.7 Å². The highest BCUT2D eigenvalue weighted by atomic mass is 16.5. The third-order valence-electron chi connectivity index (χ3n) is 5.37. The Hall–Kier alpha value is -3.67. The zero-order chi connectivity index (χ0) is 22.0. The van der Waals surface area contributed by atoms with Crippen LogP contribution >= 0.6 is 0 Å². The van der Waals surface area contributed by atoms with Gasteiger partial charge >= 0.3 is 5.97 Å². The molecule has 0 bridgehead atoms. The molecule has 2 amide bonds. The summed E-state index contributed by atoms with van der Waals surface area (Å²) in [6, 6.07) is 19.3. The van der Waals surface area contributed by atoms with Crippen LogP contribution in [-0.2, 0) is 19.1 Å². The lowest BCUT2D eigenvalue weighted by Crippen LogP contribution is -2.28. The summed E-state index contributed by atoms with van der Waals surface area (Å²) in [6.45, 7) is 3.75. The normalized spacial score (nSPS) is 15.9. The van der Waals surface area contributed by atoms with Gasteiger partial charge in [-0.1, -0.05) is 42.5 Å². The molecule has 31 heavy (non-hydrogen) atoms. The Morgan fingerprint density at radius 1 is 1.03 bits per heavy atom. The largest absolute Gasteiger partial charge is 0.455 e. The molecule has 0 saturated carbocycles. The number of hydrogen-bond donors (Lipinski definition) is 1. The van der Waals surface area contributed by atoms with Gasteiger partial charge in [0, 0.05) is 24.0 Å². The van der Waals surface area contributed by atoms with E-state index in [4.69, 9.17) is 4.74 Å². The van der Waals surface area contributed by atoms with Crippen molar-refractivity contribution in [3.8, 4) is 0 Å². The van der Waals surface area contributed by atoms with E-state index in [-0.39, 0.29) is 25.5 Å². The van der Waals surface area contributed by atoms with E-state index in [1.54, 1.807) is 4.90 Å². The second kappa shape index (κ2) is 8.60. The fourth-order valence-electron chi connectivity index (χ4n) is 4.04. The maximum atomic E-state index is 12.6. The first kappa shape index (κ1) is 20.6. The lowest BCUT2D eigenvalue weighted by Gasteiger charge is -2.18. The van der Waals surface area contributed by atoms with Gasteiger partial charge in [0.25, 0.3) is 5.91 Å². The van der Waals surface area contributed by atoms with Crippen molar-refractivity contribution in [1.82, 2.24) is 0 Å². The summed E-state index contributed by atoms with van der Waals surface area (Å²) >= 11 is 0. The van der Waals surface area contributed by atoms with Crippen molar-refractivity contribution in [2.45, 2.75) is 20.3 Å². The summed E-state index contributed by atoms with van der Waals surface area (Å²) in [7, 11) is 0. The van der Waals surface area contributed by atoms with Crippen molar-refractivity contribution < 1.29 is 19.1 Å². The van der Waals surface area contributed by atoms with Gasteiger partial charge in [-0.3, -0.25) is 14.4 Å². The number of anilines is 2. The molecule has 6 heteroatoms. The standard InChI is InChI=1S/C25H24N2O4/c1-16-10-17(2)12-20(11-16)26-23(28)15-31-25(30)19-13-24(29)27(14-19)22-9-5-7-18-6-3-4-8-21(18)22/h3-12,19H,13-15H2,1-2H3,(H,26,28)/t19-/m0/s1. The highest BCUT2D eigenvalue weighted by molar-refractivity contribution is 6.06. The molecular weight excluding hydrogens is 392 g/mol. The number of esters is 1. The summed E-state index contributed by atoms with van der Waals surface area (Å²) in [5, 5.41) is 4.73. The molecule has 1 aliphatic heterocycles. The average Bonchev–Trinajstić information content (AvgIpc) is 3.12. The number of ether oxygens (including phenoxy) is 1. The molecule has 0 aromatic heterocycles. The van der Waals surface area contributed by atoms with E-state index in [1.165, 1.54) is 0 Å². The lowest BCUT2D eigenvalue weighted by atomic mass is 10.1. The first-order valence-corrected chi connectivity index (χ1v) is 10.2. The van der Waals surface area contributed by atoms with Gasteiger partial charge in [-0.05, 0) is 48.6 Å². The summed E-state index contributed by atoms with van der Waals surface area (Å²) in [5.74, 6) is -1.67. The van der Waals surface area contributed by atoms with E-state index < -0.39 is 17.8 Å². The summed E-state index contributed by atoms with van der Waals surface area (Å²) in [5.41, 5.74) is 3.51. The minimum absolute atomic E-state index is 0.0702. The van der Waals surface area contributed by atoms with Gasteiger partial charge in [0.05, 0.1) is 11.6 Å². The molecule has 158 valence electrons. The number of carbonyl (C=O) groups excluding carboxylic acids is 3. The van der Waals surface area contributed by atoms with Crippen molar-refractivity contribution >= 4 is 39.9 Å². The number of hydrogen-bond acceptors (Lipinski definition) is 4. The molecular formula is C25H24N2O4. The maximum Gasteiger partial charge on any atom is 0.311 e. The van der Waals surface area contributed by atoms with Gasteiger partial charge in [-0.2, -0.15) is 0 Å². The molecule has 1 saturated heterocycles. The van der Waals surface area contributed by atoms with Crippen LogP contribution in [0.2, 0.25) is 0 Å². The molecule has 1 N–H and O–H groups in total. The number of nitrogens with zero attached hydrogens (tertiary/aromatic N) is 1. The minimum atomic E-state index is -0.597. The Bertz CT molecular complexity index is 1150. The van der Waals surface area contributed by atoms with E-state index in [2.05, 4.69) is 5.32 Å². The third-order valence-corrected chi connectivity index (χ3v) is 5.37. The first-order valence-electron chi connectivity index (χ1n) is 10.2. The molecule has 1 heterocycles. The topological polar surface area (TPSA) is 75.7 Å². The van der Waals surface area contributed by atoms with Crippen LogP contribution in [0.4, 0.5) is 11.4 Å². The van der Waals surface area contributed by atoms with Crippen LogP contribution in [0.25, 0.3) is 10.8 Å². The molecule has 1 atom stereocenters. The Labute approximate surface area is 180 Å². The Kier molecular flexibility index (Phi) is 5.71. The Morgan fingerprint density at radius 2 is 1.74 bits per heavy atom. The number of benzene rings is 3. The van der Waals surface area contributed by atoms with Crippen molar-refractivity contribution in [2.75, 3.05) is 23.4 Å². The lowest BCUT2D eigenvalue weighted by molar-refractivity contribution is -0.151. The van der Waals surface area contributed by atoms with Crippen molar-refractivity contribution in [2.24, 2.45) is 5.92 Å². The molecule has 3 aromatic carbocycles. The van der Waals surface area contributed by atoms with Crippen LogP contribution < -0.4 is 10.2 Å². The van der Waals surface area contributed by atoms with Gasteiger partial charge in [-0.15, -0.1) is 0 Å².